The minimum atomic E-state index is 0.246. The lowest BCUT2D eigenvalue weighted by Crippen LogP contribution is -1.93. The van der Waals surface area contributed by atoms with Gasteiger partial charge in [0.2, 0.25) is 6.79 Å². The van der Waals surface area contributed by atoms with Crippen molar-refractivity contribution in [1.29, 1.82) is 0 Å². The number of halogens is 1. The lowest BCUT2D eigenvalue weighted by atomic mass is 10.1. The van der Waals surface area contributed by atoms with Crippen molar-refractivity contribution < 1.29 is 9.47 Å². The Morgan fingerprint density at radius 3 is 2.65 bits per heavy atom. The van der Waals surface area contributed by atoms with E-state index in [-0.39, 0.29) is 6.79 Å². The maximum absolute atomic E-state index is 6.33. The van der Waals surface area contributed by atoms with Crippen molar-refractivity contribution in [3.63, 3.8) is 0 Å². The van der Waals surface area contributed by atoms with E-state index in [9.17, 15) is 0 Å². The Labute approximate surface area is 142 Å². The zero-order chi connectivity index (χ0) is 15.8. The number of rotatable bonds is 3. The molecule has 116 valence electrons. The quantitative estimate of drug-likeness (QED) is 0.649. The summed E-state index contributed by atoms with van der Waals surface area (Å²) in [6, 6.07) is 11.9. The Hall–Kier alpha value is -1.98. The highest BCUT2D eigenvalue weighted by molar-refractivity contribution is 7.98. The second-order valence-corrected chi connectivity index (χ2v) is 6.59. The summed E-state index contributed by atoms with van der Waals surface area (Å²) in [4.78, 5) is 0. The minimum absolute atomic E-state index is 0.246. The summed E-state index contributed by atoms with van der Waals surface area (Å²) in [7, 11) is 0. The molecule has 0 aliphatic carbocycles. The average molecular weight is 345 g/mol. The van der Waals surface area contributed by atoms with Crippen molar-refractivity contribution in [1.82, 2.24) is 10.2 Å². The summed E-state index contributed by atoms with van der Waals surface area (Å²) >= 11 is 7.95. The van der Waals surface area contributed by atoms with Crippen LogP contribution in [0.3, 0.4) is 0 Å². The van der Waals surface area contributed by atoms with E-state index >= 15 is 0 Å². The molecule has 4 nitrogen and oxygen atoms in total. The molecule has 0 spiro atoms. The van der Waals surface area contributed by atoms with E-state index in [0.29, 0.717) is 16.5 Å². The largest absolute Gasteiger partial charge is 0.454 e. The fraction of sp³-hybridized carbons (Fsp3) is 0.176. The maximum Gasteiger partial charge on any atom is 0.231 e. The first-order chi connectivity index (χ1) is 11.2. The summed E-state index contributed by atoms with van der Waals surface area (Å²) in [5.74, 6) is 2.13. The topological polar surface area (TPSA) is 44.2 Å². The molecule has 1 aliphatic heterocycles. The zero-order valence-corrected chi connectivity index (χ0v) is 13.9. The normalized spacial score (nSPS) is 12.8. The average Bonchev–Trinajstić information content (AvgIpc) is 3.01. The molecule has 2 aromatic carbocycles. The number of nitrogens with zero attached hydrogens (tertiary/aromatic N) is 2. The number of benzene rings is 2. The number of ether oxygens (including phenoxy) is 2. The van der Waals surface area contributed by atoms with Gasteiger partial charge in [0.15, 0.2) is 11.5 Å². The molecule has 0 unspecified atom stereocenters. The SMILES string of the molecule is Cc1nnc(SCc2cc3c(cc2Cl)OCO3)c2ccccc12. The van der Waals surface area contributed by atoms with Crippen LogP contribution in [0.4, 0.5) is 0 Å². The standard InChI is InChI=1S/C17H13ClN2O2S/c1-10-12-4-2-3-5-13(12)17(20-19-10)23-8-11-6-15-16(7-14(11)18)22-9-21-15/h2-7H,8-9H2,1H3. The lowest BCUT2D eigenvalue weighted by Gasteiger charge is -2.08. The van der Waals surface area contributed by atoms with E-state index in [1.54, 1.807) is 17.8 Å². The number of aryl methyl sites for hydroxylation is 1. The molecule has 6 heteroatoms. The second-order valence-electron chi connectivity index (χ2n) is 5.22. The Morgan fingerprint density at radius 2 is 1.83 bits per heavy atom. The molecule has 0 saturated carbocycles. The molecule has 0 atom stereocenters. The summed E-state index contributed by atoms with van der Waals surface area (Å²) in [6.07, 6.45) is 0. The maximum atomic E-state index is 6.33. The van der Waals surface area contributed by atoms with Gasteiger partial charge in [0.25, 0.3) is 0 Å². The van der Waals surface area contributed by atoms with Crippen LogP contribution in [0.1, 0.15) is 11.3 Å². The molecule has 0 radical (unpaired) electrons. The Kier molecular flexibility index (Phi) is 3.75. The summed E-state index contributed by atoms with van der Waals surface area (Å²) in [5, 5.41) is 12.4. The molecule has 0 saturated heterocycles. The Bertz CT molecular complexity index is 901. The zero-order valence-electron chi connectivity index (χ0n) is 12.4. The molecular formula is C17H13ClN2O2S. The van der Waals surface area contributed by atoms with Crippen LogP contribution in [-0.4, -0.2) is 17.0 Å². The third kappa shape index (κ3) is 2.71. The van der Waals surface area contributed by atoms with Gasteiger partial charge in [0.05, 0.1) is 5.69 Å². The van der Waals surface area contributed by atoms with Gasteiger partial charge in [-0.3, -0.25) is 0 Å². The summed E-state index contributed by atoms with van der Waals surface area (Å²) in [6.45, 7) is 2.22. The molecule has 2 heterocycles. The molecule has 0 N–H and O–H groups in total. The fourth-order valence-electron chi connectivity index (χ4n) is 2.54. The molecule has 3 aromatic rings. The van der Waals surface area contributed by atoms with Crippen molar-refractivity contribution in [3.05, 3.63) is 52.7 Å². The molecule has 0 fully saturated rings. The van der Waals surface area contributed by atoms with Crippen LogP contribution in [0.15, 0.2) is 41.4 Å². The molecule has 1 aliphatic rings. The van der Waals surface area contributed by atoms with Crippen LogP contribution in [0, 0.1) is 6.92 Å². The van der Waals surface area contributed by atoms with E-state index in [1.807, 2.05) is 25.1 Å². The van der Waals surface area contributed by atoms with E-state index in [1.165, 1.54) is 0 Å². The molecule has 1 aromatic heterocycles. The van der Waals surface area contributed by atoms with Crippen molar-refractivity contribution in [2.45, 2.75) is 17.7 Å². The van der Waals surface area contributed by atoms with E-state index in [0.717, 1.165) is 32.8 Å². The molecule has 23 heavy (non-hydrogen) atoms. The Balaban J connectivity index is 1.64. The van der Waals surface area contributed by atoms with Gasteiger partial charge in [0.1, 0.15) is 5.03 Å². The smallest absolute Gasteiger partial charge is 0.231 e. The highest BCUT2D eigenvalue weighted by Crippen LogP contribution is 2.39. The fourth-order valence-corrected chi connectivity index (χ4v) is 3.80. The van der Waals surface area contributed by atoms with Gasteiger partial charge in [-0.25, -0.2) is 0 Å². The molecule has 0 bridgehead atoms. The van der Waals surface area contributed by atoms with Crippen LogP contribution in [0.2, 0.25) is 5.02 Å². The highest BCUT2D eigenvalue weighted by atomic mass is 35.5. The van der Waals surface area contributed by atoms with Gasteiger partial charge < -0.3 is 9.47 Å². The van der Waals surface area contributed by atoms with Gasteiger partial charge in [0, 0.05) is 27.6 Å². The first kappa shape index (κ1) is 14.6. The van der Waals surface area contributed by atoms with Gasteiger partial charge in [-0.05, 0) is 18.6 Å². The van der Waals surface area contributed by atoms with E-state index in [2.05, 4.69) is 22.3 Å². The highest BCUT2D eigenvalue weighted by Gasteiger charge is 2.17. The Morgan fingerprint density at radius 1 is 1.09 bits per heavy atom. The van der Waals surface area contributed by atoms with E-state index < -0.39 is 0 Å². The molecular weight excluding hydrogens is 332 g/mol. The predicted octanol–water partition coefficient (Wildman–Crippen LogP) is 4.61. The number of fused-ring (bicyclic) bond motifs is 2. The van der Waals surface area contributed by atoms with Crippen LogP contribution < -0.4 is 9.47 Å². The monoisotopic (exact) mass is 344 g/mol. The van der Waals surface area contributed by atoms with Gasteiger partial charge >= 0.3 is 0 Å². The number of thioether (sulfide) groups is 1. The summed E-state index contributed by atoms with van der Waals surface area (Å²) in [5.41, 5.74) is 1.93. The third-order valence-corrected chi connectivity index (χ3v) is 5.13. The van der Waals surface area contributed by atoms with Crippen LogP contribution in [0.5, 0.6) is 11.5 Å². The van der Waals surface area contributed by atoms with Crippen molar-refractivity contribution in [2.75, 3.05) is 6.79 Å². The van der Waals surface area contributed by atoms with Crippen molar-refractivity contribution in [2.24, 2.45) is 0 Å². The van der Waals surface area contributed by atoms with Crippen molar-refractivity contribution in [3.8, 4) is 11.5 Å². The van der Waals surface area contributed by atoms with Gasteiger partial charge in [-0.1, -0.05) is 47.6 Å². The van der Waals surface area contributed by atoms with E-state index in [4.69, 9.17) is 21.1 Å². The van der Waals surface area contributed by atoms with Gasteiger partial charge in [-0.15, -0.1) is 5.10 Å². The van der Waals surface area contributed by atoms with Crippen LogP contribution >= 0.6 is 23.4 Å². The van der Waals surface area contributed by atoms with Crippen LogP contribution in [0.25, 0.3) is 10.8 Å². The number of hydrogen-bond donors (Lipinski definition) is 0. The number of hydrogen-bond acceptors (Lipinski definition) is 5. The van der Waals surface area contributed by atoms with Gasteiger partial charge in [-0.2, -0.15) is 5.10 Å². The molecule has 4 rings (SSSR count). The lowest BCUT2D eigenvalue weighted by molar-refractivity contribution is 0.174. The molecule has 0 amide bonds. The third-order valence-electron chi connectivity index (χ3n) is 3.74. The second kappa shape index (κ2) is 5.91. The first-order valence-electron chi connectivity index (χ1n) is 7.15. The first-order valence-corrected chi connectivity index (χ1v) is 8.51. The summed E-state index contributed by atoms with van der Waals surface area (Å²) < 4.78 is 10.7. The van der Waals surface area contributed by atoms with Crippen molar-refractivity contribution >= 4 is 34.1 Å². The minimum Gasteiger partial charge on any atom is -0.454 e. The predicted molar refractivity (Wildman–Crippen MR) is 91.4 cm³/mol. The number of aromatic nitrogens is 2. The van der Waals surface area contributed by atoms with Crippen LogP contribution in [-0.2, 0) is 5.75 Å².